The lowest BCUT2D eigenvalue weighted by molar-refractivity contribution is 0.0348. The van der Waals surface area contributed by atoms with Gasteiger partial charge in [0.2, 0.25) is 5.89 Å². The first-order valence-electron chi connectivity index (χ1n) is 6.53. The van der Waals surface area contributed by atoms with Crippen molar-refractivity contribution in [3.63, 3.8) is 0 Å². The third-order valence-electron chi connectivity index (χ3n) is 2.96. The van der Waals surface area contributed by atoms with Gasteiger partial charge in [-0.2, -0.15) is 4.98 Å². The van der Waals surface area contributed by atoms with E-state index < -0.39 is 0 Å². The molecule has 1 aliphatic rings. The molecule has 18 heavy (non-hydrogen) atoms. The van der Waals surface area contributed by atoms with Crippen LogP contribution in [-0.4, -0.2) is 47.9 Å². The van der Waals surface area contributed by atoms with Crippen molar-refractivity contribution in [2.75, 3.05) is 32.8 Å². The van der Waals surface area contributed by atoms with E-state index in [4.69, 9.17) is 15.0 Å². The first kappa shape index (κ1) is 13.5. The molecule has 0 saturated carbocycles. The Balaban J connectivity index is 1.87. The molecule has 1 unspecified atom stereocenters. The van der Waals surface area contributed by atoms with Crippen molar-refractivity contribution in [2.45, 2.75) is 26.3 Å². The number of hydrogen-bond acceptors (Lipinski definition) is 6. The molecule has 1 fully saturated rings. The maximum Gasteiger partial charge on any atom is 0.226 e. The van der Waals surface area contributed by atoms with E-state index >= 15 is 0 Å². The van der Waals surface area contributed by atoms with E-state index in [9.17, 15) is 0 Å². The minimum atomic E-state index is -0.187. The fraction of sp³-hybridized carbons (Fsp3) is 0.833. The zero-order valence-electron chi connectivity index (χ0n) is 11.1. The molecule has 1 atom stereocenters. The fourth-order valence-corrected chi connectivity index (χ4v) is 1.99. The smallest absolute Gasteiger partial charge is 0.226 e. The van der Waals surface area contributed by atoms with E-state index in [1.165, 1.54) is 0 Å². The Labute approximate surface area is 107 Å². The van der Waals surface area contributed by atoms with Crippen LogP contribution in [0.1, 0.15) is 31.6 Å². The van der Waals surface area contributed by atoms with Gasteiger partial charge >= 0.3 is 0 Å². The van der Waals surface area contributed by atoms with E-state index in [0.717, 1.165) is 39.3 Å². The average Bonchev–Trinajstić information content (AvgIpc) is 2.78. The summed E-state index contributed by atoms with van der Waals surface area (Å²) in [6.45, 7) is 8.39. The van der Waals surface area contributed by atoms with Gasteiger partial charge in [0.1, 0.15) is 0 Å². The third-order valence-corrected chi connectivity index (χ3v) is 2.96. The van der Waals surface area contributed by atoms with Crippen molar-refractivity contribution in [1.29, 1.82) is 0 Å². The molecule has 2 heterocycles. The fourth-order valence-electron chi connectivity index (χ4n) is 1.99. The van der Waals surface area contributed by atoms with Gasteiger partial charge in [-0.05, 0) is 5.92 Å². The van der Waals surface area contributed by atoms with Gasteiger partial charge in [-0.25, -0.2) is 0 Å². The van der Waals surface area contributed by atoms with Crippen LogP contribution in [0.4, 0.5) is 0 Å². The van der Waals surface area contributed by atoms with Crippen molar-refractivity contribution in [1.82, 2.24) is 15.0 Å². The number of nitrogens with two attached hydrogens (primary N) is 1. The standard InChI is InChI=1S/C12H22N4O2/c1-9(2)7-11-14-12(15-18-11)10(13)8-16-3-5-17-6-4-16/h9-10H,3-8,13H2,1-2H3. The molecule has 102 valence electrons. The third kappa shape index (κ3) is 3.76. The van der Waals surface area contributed by atoms with E-state index in [1.807, 2.05) is 0 Å². The van der Waals surface area contributed by atoms with Crippen LogP contribution < -0.4 is 5.73 Å². The van der Waals surface area contributed by atoms with Gasteiger partial charge in [0.25, 0.3) is 0 Å². The summed E-state index contributed by atoms with van der Waals surface area (Å²) in [4.78, 5) is 6.63. The summed E-state index contributed by atoms with van der Waals surface area (Å²) in [5, 5.41) is 3.97. The largest absolute Gasteiger partial charge is 0.379 e. The summed E-state index contributed by atoms with van der Waals surface area (Å²) in [7, 11) is 0. The maximum absolute atomic E-state index is 6.10. The van der Waals surface area contributed by atoms with Crippen LogP contribution in [0.15, 0.2) is 4.52 Å². The lowest BCUT2D eigenvalue weighted by Crippen LogP contribution is -2.40. The van der Waals surface area contributed by atoms with Crippen molar-refractivity contribution in [3.05, 3.63) is 11.7 Å². The molecule has 0 aromatic carbocycles. The zero-order valence-corrected chi connectivity index (χ0v) is 11.1. The lowest BCUT2D eigenvalue weighted by atomic mass is 10.1. The second-order valence-electron chi connectivity index (χ2n) is 5.16. The Bertz CT molecular complexity index is 361. The molecule has 1 aromatic rings. The molecular formula is C12H22N4O2. The van der Waals surface area contributed by atoms with Gasteiger partial charge in [-0.1, -0.05) is 19.0 Å². The molecule has 0 amide bonds. The summed E-state index contributed by atoms with van der Waals surface area (Å²) in [6.07, 6.45) is 0.803. The highest BCUT2D eigenvalue weighted by molar-refractivity contribution is 4.94. The predicted molar refractivity (Wildman–Crippen MR) is 67.0 cm³/mol. The molecule has 2 rings (SSSR count). The maximum atomic E-state index is 6.10. The normalized spacial score (nSPS) is 19.3. The van der Waals surface area contributed by atoms with Gasteiger partial charge in [-0.15, -0.1) is 0 Å². The molecule has 0 aliphatic carbocycles. The minimum absolute atomic E-state index is 0.187. The van der Waals surface area contributed by atoms with Crippen molar-refractivity contribution in [2.24, 2.45) is 11.7 Å². The van der Waals surface area contributed by atoms with Crippen LogP contribution in [0.3, 0.4) is 0 Å². The average molecular weight is 254 g/mol. The van der Waals surface area contributed by atoms with Gasteiger partial charge in [0.15, 0.2) is 5.82 Å². The van der Waals surface area contributed by atoms with Crippen LogP contribution >= 0.6 is 0 Å². The van der Waals surface area contributed by atoms with Gasteiger partial charge in [-0.3, -0.25) is 4.90 Å². The summed E-state index contributed by atoms with van der Waals surface area (Å²) in [6, 6.07) is -0.187. The molecule has 0 spiro atoms. The molecule has 0 bridgehead atoms. The zero-order chi connectivity index (χ0) is 13.0. The SMILES string of the molecule is CC(C)Cc1nc(C(N)CN2CCOCC2)no1. The number of hydrogen-bond donors (Lipinski definition) is 1. The first-order valence-corrected chi connectivity index (χ1v) is 6.53. The molecule has 6 heteroatoms. The summed E-state index contributed by atoms with van der Waals surface area (Å²) < 4.78 is 10.5. The van der Waals surface area contributed by atoms with E-state index in [1.54, 1.807) is 0 Å². The Kier molecular flexibility index (Phi) is 4.68. The van der Waals surface area contributed by atoms with Crippen molar-refractivity contribution < 1.29 is 9.26 Å². The van der Waals surface area contributed by atoms with Crippen LogP contribution in [0.2, 0.25) is 0 Å². The molecular weight excluding hydrogens is 232 g/mol. The first-order chi connectivity index (χ1) is 8.65. The quantitative estimate of drug-likeness (QED) is 0.829. The Morgan fingerprint density at radius 2 is 2.06 bits per heavy atom. The van der Waals surface area contributed by atoms with E-state index in [-0.39, 0.29) is 6.04 Å². The molecule has 1 aromatic heterocycles. The van der Waals surface area contributed by atoms with E-state index in [2.05, 4.69) is 28.9 Å². The monoisotopic (exact) mass is 254 g/mol. The van der Waals surface area contributed by atoms with E-state index in [0.29, 0.717) is 17.6 Å². The summed E-state index contributed by atoms with van der Waals surface area (Å²) in [5.41, 5.74) is 6.10. The second-order valence-corrected chi connectivity index (χ2v) is 5.16. The number of aromatic nitrogens is 2. The van der Waals surface area contributed by atoms with Crippen LogP contribution in [0, 0.1) is 5.92 Å². The topological polar surface area (TPSA) is 77.4 Å². The summed E-state index contributed by atoms with van der Waals surface area (Å²) in [5.74, 6) is 1.79. The van der Waals surface area contributed by atoms with Gasteiger partial charge in [0.05, 0.1) is 19.3 Å². The van der Waals surface area contributed by atoms with Crippen molar-refractivity contribution >= 4 is 0 Å². The highest BCUT2D eigenvalue weighted by Crippen LogP contribution is 2.12. The minimum Gasteiger partial charge on any atom is -0.379 e. The van der Waals surface area contributed by atoms with Crippen LogP contribution in [-0.2, 0) is 11.2 Å². The van der Waals surface area contributed by atoms with Gasteiger partial charge < -0.3 is 15.0 Å². The Morgan fingerprint density at radius 3 is 2.72 bits per heavy atom. The number of rotatable bonds is 5. The molecule has 1 saturated heterocycles. The number of morpholine rings is 1. The van der Waals surface area contributed by atoms with Crippen LogP contribution in [0.5, 0.6) is 0 Å². The number of ether oxygens (including phenoxy) is 1. The predicted octanol–water partition coefficient (Wildman–Crippen LogP) is 0.600. The highest BCUT2D eigenvalue weighted by atomic mass is 16.5. The Hall–Kier alpha value is -0.980. The molecule has 6 nitrogen and oxygen atoms in total. The van der Waals surface area contributed by atoms with Gasteiger partial charge in [0, 0.05) is 26.1 Å². The second kappa shape index (κ2) is 6.26. The summed E-state index contributed by atoms with van der Waals surface area (Å²) >= 11 is 0. The molecule has 1 aliphatic heterocycles. The van der Waals surface area contributed by atoms with Crippen LogP contribution in [0.25, 0.3) is 0 Å². The lowest BCUT2D eigenvalue weighted by Gasteiger charge is -2.27. The van der Waals surface area contributed by atoms with Crippen molar-refractivity contribution in [3.8, 4) is 0 Å². The Morgan fingerprint density at radius 1 is 1.33 bits per heavy atom. The number of nitrogens with zero attached hydrogens (tertiary/aromatic N) is 3. The highest BCUT2D eigenvalue weighted by Gasteiger charge is 2.19. The molecule has 0 radical (unpaired) electrons. The molecule has 2 N–H and O–H groups in total.